The van der Waals surface area contributed by atoms with Crippen LogP contribution in [0, 0.1) is 12.8 Å². The van der Waals surface area contributed by atoms with E-state index in [1.165, 1.54) is 0 Å². The predicted octanol–water partition coefficient (Wildman–Crippen LogP) is 3.31. The van der Waals surface area contributed by atoms with Crippen LogP contribution in [0.3, 0.4) is 0 Å². The third kappa shape index (κ3) is 4.65. The lowest BCUT2D eigenvalue weighted by molar-refractivity contribution is 0.168. The maximum absolute atomic E-state index is 6.04. The highest BCUT2D eigenvalue weighted by Crippen LogP contribution is 2.22. The van der Waals surface area contributed by atoms with Crippen molar-refractivity contribution in [1.29, 1.82) is 0 Å². The lowest BCUT2D eigenvalue weighted by atomic mass is 10.1. The summed E-state index contributed by atoms with van der Waals surface area (Å²) in [6.45, 7) is 13.5. The first-order valence-corrected chi connectivity index (χ1v) is 6.75. The molecular formula is C15H26N2O. The van der Waals surface area contributed by atoms with Gasteiger partial charge in [0, 0.05) is 36.1 Å². The average molecular weight is 250 g/mol. The van der Waals surface area contributed by atoms with Crippen molar-refractivity contribution in [1.82, 2.24) is 10.3 Å². The first-order valence-electron chi connectivity index (χ1n) is 6.75. The second kappa shape index (κ2) is 6.74. The minimum absolute atomic E-state index is 0.213. The Bertz CT molecular complexity index is 375. The first-order chi connectivity index (χ1) is 8.40. The van der Waals surface area contributed by atoms with Crippen molar-refractivity contribution in [3.05, 3.63) is 23.5 Å². The molecule has 0 aliphatic carbocycles. The standard InChI is InChI=1S/C15H26N2O/c1-10(2)13(6)18-15-7-12(5)17-9-14(15)8-16-11(3)4/h7,9-11,13,16H,8H2,1-6H3. The van der Waals surface area contributed by atoms with Gasteiger partial charge < -0.3 is 10.1 Å². The van der Waals surface area contributed by atoms with E-state index < -0.39 is 0 Å². The molecule has 0 aromatic carbocycles. The molecule has 0 aliphatic heterocycles. The molecule has 0 bridgehead atoms. The minimum atomic E-state index is 0.213. The molecule has 1 heterocycles. The molecule has 0 radical (unpaired) electrons. The molecule has 0 amide bonds. The van der Waals surface area contributed by atoms with Crippen LogP contribution >= 0.6 is 0 Å². The average Bonchev–Trinajstić information content (AvgIpc) is 2.27. The molecule has 0 aliphatic rings. The van der Waals surface area contributed by atoms with Crippen molar-refractivity contribution in [2.45, 2.75) is 60.2 Å². The molecule has 1 aromatic rings. The summed E-state index contributed by atoms with van der Waals surface area (Å²) in [5.74, 6) is 1.46. The van der Waals surface area contributed by atoms with Gasteiger partial charge in [0.05, 0.1) is 6.10 Å². The quantitative estimate of drug-likeness (QED) is 0.841. The molecule has 3 nitrogen and oxygen atoms in total. The Balaban J connectivity index is 2.82. The SMILES string of the molecule is Cc1cc(OC(C)C(C)C)c(CNC(C)C)cn1. The fraction of sp³-hybridized carbons (Fsp3) is 0.667. The van der Waals surface area contributed by atoms with E-state index in [-0.39, 0.29) is 6.10 Å². The molecule has 1 atom stereocenters. The van der Waals surface area contributed by atoms with Gasteiger partial charge in [-0.1, -0.05) is 27.7 Å². The zero-order chi connectivity index (χ0) is 13.7. The molecule has 1 rings (SSSR count). The molecule has 1 aromatic heterocycles. The van der Waals surface area contributed by atoms with Crippen molar-refractivity contribution >= 4 is 0 Å². The van der Waals surface area contributed by atoms with Crippen molar-refractivity contribution < 1.29 is 4.74 Å². The van der Waals surface area contributed by atoms with Crippen molar-refractivity contribution in [3.63, 3.8) is 0 Å². The van der Waals surface area contributed by atoms with E-state index in [4.69, 9.17) is 4.74 Å². The van der Waals surface area contributed by atoms with Gasteiger partial charge in [0.1, 0.15) is 5.75 Å². The zero-order valence-electron chi connectivity index (χ0n) is 12.4. The van der Waals surface area contributed by atoms with Crippen LogP contribution in [0.15, 0.2) is 12.3 Å². The van der Waals surface area contributed by atoms with Crippen molar-refractivity contribution in [2.24, 2.45) is 5.92 Å². The highest BCUT2D eigenvalue weighted by Gasteiger charge is 2.12. The fourth-order valence-electron chi connectivity index (χ4n) is 1.46. The van der Waals surface area contributed by atoms with Crippen molar-refractivity contribution in [3.8, 4) is 5.75 Å². The van der Waals surface area contributed by atoms with Gasteiger partial charge >= 0.3 is 0 Å². The third-order valence-corrected chi connectivity index (χ3v) is 3.03. The maximum Gasteiger partial charge on any atom is 0.127 e. The van der Waals surface area contributed by atoms with E-state index in [0.717, 1.165) is 23.6 Å². The van der Waals surface area contributed by atoms with Gasteiger partial charge in [-0.15, -0.1) is 0 Å². The summed E-state index contributed by atoms with van der Waals surface area (Å²) in [6, 6.07) is 2.48. The number of aryl methyl sites for hydroxylation is 1. The van der Waals surface area contributed by atoms with E-state index in [1.54, 1.807) is 0 Å². The third-order valence-electron chi connectivity index (χ3n) is 3.03. The van der Waals surface area contributed by atoms with E-state index in [1.807, 2.05) is 19.2 Å². The lowest BCUT2D eigenvalue weighted by Crippen LogP contribution is -2.24. The molecule has 102 valence electrons. The fourth-order valence-corrected chi connectivity index (χ4v) is 1.46. The smallest absolute Gasteiger partial charge is 0.127 e. The Hall–Kier alpha value is -1.09. The van der Waals surface area contributed by atoms with Gasteiger partial charge in [-0.25, -0.2) is 0 Å². The number of aromatic nitrogens is 1. The summed E-state index contributed by atoms with van der Waals surface area (Å²) in [4.78, 5) is 4.35. The number of hydrogen-bond acceptors (Lipinski definition) is 3. The van der Waals surface area contributed by atoms with E-state index in [2.05, 4.69) is 44.9 Å². The predicted molar refractivity (Wildman–Crippen MR) is 75.9 cm³/mol. The topological polar surface area (TPSA) is 34.1 Å². The molecule has 3 heteroatoms. The monoisotopic (exact) mass is 250 g/mol. The number of pyridine rings is 1. The Morgan fingerprint density at radius 1 is 1.22 bits per heavy atom. The Morgan fingerprint density at radius 3 is 2.44 bits per heavy atom. The maximum atomic E-state index is 6.04. The minimum Gasteiger partial charge on any atom is -0.490 e. The first kappa shape index (κ1) is 15.0. The Kier molecular flexibility index (Phi) is 5.60. The molecule has 18 heavy (non-hydrogen) atoms. The number of rotatable bonds is 6. The highest BCUT2D eigenvalue weighted by molar-refractivity contribution is 5.33. The molecule has 1 N–H and O–H groups in total. The lowest BCUT2D eigenvalue weighted by Gasteiger charge is -2.21. The molecule has 0 saturated carbocycles. The van der Waals surface area contributed by atoms with Gasteiger partial charge in [0.25, 0.3) is 0 Å². The Labute approximate surface area is 111 Å². The van der Waals surface area contributed by atoms with Crippen molar-refractivity contribution in [2.75, 3.05) is 0 Å². The number of nitrogens with one attached hydrogen (secondary N) is 1. The van der Waals surface area contributed by atoms with Crippen LogP contribution in [0.2, 0.25) is 0 Å². The summed E-state index contributed by atoms with van der Waals surface area (Å²) in [5, 5.41) is 3.40. The van der Waals surface area contributed by atoms with Crippen LogP contribution in [0.4, 0.5) is 0 Å². The van der Waals surface area contributed by atoms with E-state index in [9.17, 15) is 0 Å². The number of hydrogen-bond donors (Lipinski definition) is 1. The van der Waals surface area contributed by atoms with Gasteiger partial charge in [-0.05, 0) is 19.8 Å². The van der Waals surface area contributed by atoms with Crippen LogP contribution in [0.1, 0.15) is 45.9 Å². The van der Waals surface area contributed by atoms with Gasteiger partial charge in [0.15, 0.2) is 0 Å². The normalized spacial score (nSPS) is 13.1. The second-order valence-electron chi connectivity index (χ2n) is 5.54. The largest absolute Gasteiger partial charge is 0.490 e. The zero-order valence-corrected chi connectivity index (χ0v) is 12.4. The summed E-state index contributed by atoms with van der Waals surface area (Å²) in [6.07, 6.45) is 2.12. The van der Waals surface area contributed by atoms with Crippen LogP contribution in [-0.2, 0) is 6.54 Å². The molecule has 1 unspecified atom stereocenters. The summed E-state index contributed by atoms with van der Waals surface area (Å²) in [5.41, 5.74) is 2.12. The Morgan fingerprint density at radius 2 is 1.89 bits per heavy atom. The second-order valence-corrected chi connectivity index (χ2v) is 5.54. The van der Waals surface area contributed by atoms with Crippen LogP contribution in [0.25, 0.3) is 0 Å². The van der Waals surface area contributed by atoms with Gasteiger partial charge in [0.2, 0.25) is 0 Å². The number of nitrogens with zero attached hydrogens (tertiary/aromatic N) is 1. The molecule has 0 fully saturated rings. The summed E-state index contributed by atoms with van der Waals surface area (Å²) >= 11 is 0. The summed E-state index contributed by atoms with van der Waals surface area (Å²) in [7, 11) is 0. The highest BCUT2D eigenvalue weighted by atomic mass is 16.5. The van der Waals surface area contributed by atoms with Crippen LogP contribution in [0.5, 0.6) is 5.75 Å². The summed E-state index contributed by atoms with van der Waals surface area (Å²) < 4.78 is 6.04. The van der Waals surface area contributed by atoms with Crippen LogP contribution < -0.4 is 10.1 Å². The van der Waals surface area contributed by atoms with Crippen LogP contribution in [-0.4, -0.2) is 17.1 Å². The molecular weight excluding hydrogens is 224 g/mol. The van der Waals surface area contributed by atoms with Gasteiger partial charge in [-0.2, -0.15) is 0 Å². The molecule has 0 saturated heterocycles. The number of ether oxygens (including phenoxy) is 1. The van der Waals surface area contributed by atoms with Gasteiger partial charge in [-0.3, -0.25) is 4.98 Å². The van der Waals surface area contributed by atoms with E-state index in [0.29, 0.717) is 12.0 Å². The van der Waals surface area contributed by atoms with E-state index >= 15 is 0 Å². The molecule has 0 spiro atoms.